The van der Waals surface area contributed by atoms with Crippen LogP contribution in [0.4, 0.5) is 5.69 Å². The summed E-state index contributed by atoms with van der Waals surface area (Å²) >= 11 is 3.43. The predicted molar refractivity (Wildman–Crippen MR) is 68.3 cm³/mol. The van der Waals surface area contributed by atoms with E-state index in [1.807, 2.05) is 25.1 Å². The second-order valence-electron chi connectivity index (χ2n) is 4.43. The second-order valence-corrected chi connectivity index (χ2v) is 5.28. The number of anilines is 1. The van der Waals surface area contributed by atoms with E-state index in [1.54, 1.807) is 0 Å². The number of halogens is 1. The van der Waals surface area contributed by atoms with Gasteiger partial charge in [-0.25, -0.2) is 0 Å². The number of benzene rings is 1. The van der Waals surface area contributed by atoms with Gasteiger partial charge in [0.15, 0.2) is 0 Å². The van der Waals surface area contributed by atoms with Crippen LogP contribution in [0.5, 0.6) is 0 Å². The fraction of sp³-hybridized carbons (Fsp3) is 0.417. The highest BCUT2D eigenvalue weighted by atomic mass is 79.9. The number of carbonyl (C=O) groups excluding carboxylic acids is 1. The molecule has 0 aliphatic heterocycles. The number of hydrogen-bond donors (Lipinski definition) is 2. The Bertz CT molecular complexity index is 427. The standard InChI is InChI=1S/C12H15BrN2O/c1-8-3-4-9(7-10(8)13)15-11(16)12(14)5-2-6-12/h3-4,7H,2,5-6,14H2,1H3,(H,15,16). The van der Waals surface area contributed by atoms with Gasteiger partial charge in [0.05, 0.1) is 5.54 Å². The zero-order valence-corrected chi connectivity index (χ0v) is 10.8. The fourth-order valence-electron chi connectivity index (χ4n) is 1.71. The van der Waals surface area contributed by atoms with E-state index in [0.29, 0.717) is 0 Å². The van der Waals surface area contributed by atoms with Crippen LogP contribution in [0.25, 0.3) is 0 Å². The molecule has 1 aliphatic carbocycles. The van der Waals surface area contributed by atoms with Gasteiger partial charge in [0, 0.05) is 10.2 Å². The first-order chi connectivity index (χ1) is 7.51. The average molecular weight is 283 g/mol. The lowest BCUT2D eigenvalue weighted by molar-refractivity contribution is -0.123. The van der Waals surface area contributed by atoms with Gasteiger partial charge in [-0.2, -0.15) is 0 Å². The van der Waals surface area contributed by atoms with E-state index in [-0.39, 0.29) is 5.91 Å². The smallest absolute Gasteiger partial charge is 0.244 e. The first-order valence-electron chi connectivity index (χ1n) is 5.38. The first kappa shape index (κ1) is 11.6. The molecule has 0 aromatic heterocycles. The van der Waals surface area contributed by atoms with Crippen molar-refractivity contribution in [3.05, 3.63) is 28.2 Å². The van der Waals surface area contributed by atoms with Gasteiger partial charge in [0.1, 0.15) is 0 Å². The molecule has 16 heavy (non-hydrogen) atoms. The maximum atomic E-state index is 11.9. The molecule has 0 saturated heterocycles. The molecule has 0 spiro atoms. The molecule has 1 aromatic carbocycles. The van der Waals surface area contributed by atoms with Crippen LogP contribution in [0.1, 0.15) is 24.8 Å². The third-order valence-electron chi connectivity index (χ3n) is 3.13. The summed E-state index contributed by atoms with van der Waals surface area (Å²) in [6, 6.07) is 5.75. The maximum absolute atomic E-state index is 11.9. The molecule has 0 atom stereocenters. The van der Waals surface area contributed by atoms with E-state index in [4.69, 9.17) is 5.73 Å². The van der Waals surface area contributed by atoms with Crippen LogP contribution in [0.3, 0.4) is 0 Å². The SMILES string of the molecule is Cc1ccc(NC(=O)C2(N)CCC2)cc1Br. The second kappa shape index (κ2) is 4.18. The summed E-state index contributed by atoms with van der Waals surface area (Å²) in [5, 5.41) is 2.86. The molecule has 2 rings (SSSR count). The Morgan fingerprint density at radius 1 is 1.50 bits per heavy atom. The number of aryl methyl sites for hydroxylation is 1. The summed E-state index contributed by atoms with van der Waals surface area (Å²) in [7, 11) is 0. The van der Waals surface area contributed by atoms with Crippen molar-refractivity contribution in [2.24, 2.45) is 5.73 Å². The minimum atomic E-state index is -0.642. The normalized spacial score (nSPS) is 17.7. The quantitative estimate of drug-likeness (QED) is 0.876. The molecule has 0 unspecified atom stereocenters. The summed E-state index contributed by atoms with van der Waals surface area (Å²) in [5.41, 5.74) is 7.23. The van der Waals surface area contributed by atoms with Crippen molar-refractivity contribution in [3.8, 4) is 0 Å². The van der Waals surface area contributed by atoms with Crippen LogP contribution in [0, 0.1) is 6.92 Å². The Labute approximate surface area is 104 Å². The summed E-state index contributed by atoms with van der Waals surface area (Å²) in [5.74, 6) is -0.0745. The molecule has 1 fully saturated rings. The minimum absolute atomic E-state index is 0.0745. The lowest BCUT2D eigenvalue weighted by Gasteiger charge is -2.36. The number of nitrogens with one attached hydrogen (secondary N) is 1. The molecule has 1 amide bonds. The first-order valence-corrected chi connectivity index (χ1v) is 6.17. The maximum Gasteiger partial charge on any atom is 0.244 e. The highest BCUT2D eigenvalue weighted by Gasteiger charge is 2.40. The van der Waals surface area contributed by atoms with Gasteiger partial charge in [-0.1, -0.05) is 22.0 Å². The van der Waals surface area contributed by atoms with Crippen molar-refractivity contribution in [1.29, 1.82) is 0 Å². The molecule has 1 aromatic rings. The Kier molecular flexibility index (Phi) is 3.04. The van der Waals surface area contributed by atoms with Gasteiger partial charge in [0.25, 0.3) is 0 Å². The number of amides is 1. The Morgan fingerprint density at radius 2 is 2.19 bits per heavy atom. The van der Waals surface area contributed by atoms with Crippen LogP contribution in [0.15, 0.2) is 22.7 Å². The molecule has 0 radical (unpaired) electrons. The van der Waals surface area contributed by atoms with Crippen LogP contribution < -0.4 is 11.1 Å². The van der Waals surface area contributed by atoms with Crippen molar-refractivity contribution in [2.45, 2.75) is 31.7 Å². The van der Waals surface area contributed by atoms with E-state index in [1.165, 1.54) is 0 Å². The lowest BCUT2D eigenvalue weighted by Crippen LogP contribution is -2.56. The van der Waals surface area contributed by atoms with Crippen LogP contribution in [-0.4, -0.2) is 11.4 Å². The van der Waals surface area contributed by atoms with Crippen molar-refractivity contribution >= 4 is 27.5 Å². The average Bonchev–Trinajstić information content (AvgIpc) is 2.20. The largest absolute Gasteiger partial charge is 0.324 e. The number of hydrogen-bond acceptors (Lipinski definition) is 2. The van der Waals surface area contributed by atoms with Gasteiger partial charge in [0.2, 0.25) is 5.91 Å². The highest BCUT2D eigenvalue weighted by molar-refractivity contribution is 9.10. The number of rotatable bonds is 2. The number of carbonyl (C=O) groups is 1. The summed E-state index contributed by atoms with van der Waals surface area (Å²) in [6.45, 7) is 2.01. The van der Waals surface area contributed by atoms with Crippen molar-refractivity contribution < 1.29 is 4.79 Å². The van der Waals surface area contributed by atoms with E-state index >= 15 is 0 Å². The Balaban J connectivity index is 2.09. The summed E-state index contributed by atoms with van der Waals surface area (Å²) in [6.07, 6.45) is 2.61. The molecule has 4 heteroatoms. The van der Waals surface area contributed by atoms with Gasteiger partial charge in [-0.3, -0.25) is 4.79 Å². The Morgan fingerprint density at radius 3 is 2.69 bits per heavy atom. The van der Waals surface area contributed by atoms with Crippen molar-refractivity contribution in [3.63, 3.8) is 0 Å². The van der Waals surface area contributed by atoms with Gasteiger partial charge >= 0.3 is 0 Å². The molecule has 1 aliphatic rings. The monoisotopic (exact) mass is 282 g/mol. The van der Waals surface area contributed by atoms with Crippen LogP contribution in [-0.2, 0) is 4.79 Å². The molecule has 1 saturated carbocycles. The predicted octanol–water partition coefficient (Wildman–Crippen LogP) is 2.58. The Hall–Kier alpha value is -0.870. The van der Waals surface area contributed by atoms with Crippen LogP contribution in [0.2, 0.25) is 0 Å². The number of nitrogens with two attached hydrogens (primary N) is 1. The van der Waals surface area contributed by atoms with Crippen molar-refractivity contribution in [2.75, 3.05) is 5.32 Å². The molecular weight excluding hydrogens is 268 g/mol. The molecule has 3 nitrogen and oxygen atoms in total. The summed E-state index contributed by atoms with van der Waals surface area (Å²) < 4.78 is 0.991. The van der Waals surface area contributed by atoms with E-state index < -0.39 is 5.54 Å². The minimum Gasteiger partial charge on any atom is -0.324 e. The van der Waals surface area contributed by atoms with Gasteiger partial charge in [-0.15, -0.1) is 0 Å². The molecular formula is C12H15BrN2O. The lowest BCUT2D eigenvalue weighted by atomic mass is 9.77. The van der Waals surface area contributed by atoms with E-state index in [2.05, 4.69) is 21.2 Å². The molecule has 0 bridgehead atoms. The topological polar surface area (TPSA) is 55.1 Å². The van der Waals surface area contributed by atoms with Crippen molar-refractivity contribution in [1.82, 2.24) is 0 Å². The molecule has 0 heterocycles. The summed E-state index contributed by atoms with van der Waals surface area (Å²) in [4.78, 5) is 11.9. The molecule has 3 N–H and O–H groups in total. The van der Waals surface area contributed by atoms with E-state index in [9.17, 15) is 4.79 Å². The van der Waals surface area contributed by atoms with E-state index in [0.717, 1.165) is 35.0 Å². The highest BCUT2D eigenvalue weighted by Crippen LogP contribution is 2.30. The molecule has 86 valence electrons. The zero-order chi connectivity index (χ0) is 11.8. The van der Waals surface area contributed by atoms with Gasteiger partial charge < -0.3 is 11.1 Å². The third-order valence-corrected chi connectivity index (χ3v) is 3.98. The van der Waals surface area contributed by atoms with Crippen LogP contribution >= 0.6 is 15.9 Å². The zero-order valence-electron chi connectivity index (χ0n) is 9.22. The third kappa shape index (κ3) is 2.13. The van der Waals surface area contributed by atoms with Gasteiger partial charge in [-0.05, 0) is 43.9 Å². The fourth-order valence-corrected chi connectivity index (χ4v) is 2.09.